The fourth-order valence-corrected chi connectivity index (χ4v) is 5.32. The third kappa shape index (κ3) is 8.24. The average molecular weight is 594 g/mol. The van der Waals surface area contributed by atoms with Gasteiger partial charge in [-0.2, -0.15) is 0 Å². The van der Waals surface area contributed by atoms with Gasteiger partial charge >= 0.3 is 5.97 Å². The number of amides is 1. The average Bonchev–Trinajstić information content (AvgIpc) is 3.05. The molecule has 5 rings (SSSR count). The van der Waals surface area contributed by atoms with Crippen LogP contribution in [0.2, 0.25) is 0 Å². The SMILES string of the molecule is CCCN1CCN(CCOc2ccc(OCc3ccccc3)c(C(=O)Nc3cc(-c4ccccc4)ccc3C(=O)O)c2)CC1. The van der Waals surface area contributed by atoms with Gasteiger partial charge in [0.2, 0.25) is 0 Å². The molecule has 2 N–H and O–H groups in total. The normalized spacial score (nSPS) is 13.8. The number of nitrogens with one attached hydrogen (secondary N) is 1. The Kier molecular flexibility index (Phi) is 10.6. The lowest BCUT2D eigenvalue weighted by Crippen LogP contribution is -2.47. The van der Waals surface area contributed by atoms with Gasteiger partial charge in [0, 0.05) is 32.7 Å². The highest BCUT2D eigenvalue weighted by Gasteiger charge is 2.20. The van der Waals surface area contributed by atoms with E-state index < -0.39 is 11.9 Å². The van der Waals surface area contributed by atoms with Gasteiger partial charge in [-0.05, 0) is 60.0 Å². The first kappa shape index (κ1) is 30.8. The van der Waals surface area contributed by atoms with Gasteiger partial charge in [-0.3, -0.25) is 9.69 Å². The van der Waals surface area contributed by atoms with Crippen LogP contribution in [0.1, 0.15) is 39.6 Å². The summed E-state index contributed by atoms with van der Waals surface area (Å²) >= 11 is 0. The Morgan fingerprint density at radius 2 is 1.43 bits per heavy atom. The molecule has 4 aromatic rings. The predicted octanol–water partition coefficient (Wildman–Crippen LogP) is 6.29. The molecule has 1 fully saturated rings. The van der Waals surface area contributed by atoms with E-state index >= 15 is 0 Å². The summed E-state index contributed by atoms with van der Waals surface area (Å²) in [6.45, 7) is 9.05. The number of nitrogens with zero attached hydrogens (tertiary/aromatic N) is 2. The summed E-state index contributed by atoms with van der Waals surface area (Å²) in [7, 11) is 0. The smallest absolute Gasteiger partial charge is 0.337 e. The van der Waals surface area contributed by atoms with Crippen LogP contribution in [0.4, 0.5) is 5.69 Å². The quantitative estimate of drug-likeness (QED) is 0.188. The molecule has 228 valence electrons. The monoisotopic (exact) mass is 593 g/mol. The van der Waals surface area contributed by atoms with E-state index in [0.29, 0.717) is 18.1 Å². The number of aromatic carboxylic acids is 1. The Balaban J connectivity index is 1.34. The number of carboxylic acid groups (broad SMARTS) is 1. The number of benzene rings is 4. The second-order valence-corrected chi connectivity index (χ2v) is 10.8. The van der Waals surface area contributed by atoms with Crippen molar-refractivity contribution in [2.75, 3.05) is 51.2 Å². The lowest BCUT2D eigenvalue weighted by atomic mass is 10.0. The third-order valence-corrected chi connectivity index (χ3v) is 7.72. The maximum absolute atomic E-state index is 13.8. The first-order valence-electron chi connectivity index (χ1n) is 15.1. The van der Waals surface area contributed by atoms with Crippen LogP contribution >= 0.6 is 0 Å². The van der Waals surface area contributed by atoms with Crippen LogP contribution in [0.25, 0.3) is 11.1 Å². The van der Waals surface area contributed by atoms with E-state index in [-0.39, 0.29) is 23.4 Å². The van der Waals surface area contributed by atoms with Gasteiger partial charge in [0.1, 0.15) is 24.7 Å². The zero-order chi connectivity index (χ0) is 30.7. The van der Waals surface area contributed by atoms with Crippen molar-refractivity contribution < 1.29 is 24.2 Å². The lowest BCUT2D eigenvalue weighted by molar-refractivity contribution is 0.0698. The number of anilines is 1. The molecule has 1 saturated heterocycles. The summed E-state index contributed by atoms with van der Waals surface area (Å²) in [5.74, 6) is -0.698. The molecule has 8 heteroatoms. The molecule has 0 saturated carbocycles. The summed E-state index contributed by atoms with van der Waals surface area (Å²) in [5, 5.41) is 12.7. The Labute approximate surface area is 258 Å². The topological polar surface area (TPSA) is 91.3 Å². The third-order valence-electron chi connectivity index (χ3n) is 7.72. The minimum Gasteiger partial charge on any atom is -0.492 e. The number of hydrogen-bond donors (Lipinski definition) is 2. The van der Waals surface area contributed by atoms with Gasteiger partial charge in [0.05, 0.1) is 16.8 Å². The molecule has 1 heterocycles. The zero-order valence-corrected chi connectivity index (χ0v) is 25.1. The highest BCUT2D eigenvalue weighted by molar-refractivity contribution is 6.09. The minimum absolute atomic E-state index is 0.00350. The van der Waals surface area contributed by atoms with Crippen molar-refractivity contribution >= 4 is 17.6 Å². The van der Waals surface area contributed by atoms with E-state index in [2.05, 4.69) is 22.0 Å². The van der Waals surface area contributed by atoms with Crippen LogP contribution < -0.4 is 14.8 Å². The van der Waals surface area contributed by atoms with Crippen molar-refractivity contribution in [1.29, 1.82) is 0 Å². The number of carbonyl (C=O) groups excluding carboxylic acids is 1. The summed E-state index contributed by atoms with van der Waals surface area (Å²) in [6.07, 6.45) is 1.17. The van der Waals surface area contributed by atoms with Crippen LogP contribution in [-0.4, -0.2) is 72.7 Å². The number of piperazine rings is 1. The van der Waals surface area contributed by atoms with Crippen LogP contribution in [0.3, 0.4) is 0 Å². The fraction of sp³-hybridized carbons (Fsp3) is 0.278. The molecule has 8 nitrogen and oxygen atoms in total. The zero-order valence-electron chi connectivity index (χ0n) is 25.1. The molecule has 0 aromatic heterocycles. The number of rotatable bonds is 13. The van der Waals surface area contributed by atoms with Crippen LogP contribution in [0.5, 0.6) is 11.5 Å². The first-order chi connectivity index (χ1) is 21.5. The van der Waals surface area contributed by atoms with Gasteiger partial charge in [0.25, 0.3) is 5.91 Å². The van der Waals surface area contributed by atoms with E-state index in [1.54, 1.807) is 30.3 Å². The molecular formula is C36H39N3O5. The molecule has 44 heavy (non-hydrogen) atoms. The molecule has 0 radical (unpaired) electrons. The molecule has 1 amide bonds. The maximum atomic E-state index is 13.8. The molecule has 1 aliphatic heterocycles. The molecule has 0 spiro atoms. The van der Waals surface area contributed by atoms with E-state index in [4.69, 9.17) is 9.47 Å². The number of carbonyl (C=O) groups is 2. The van der Waals surface area contributed by atoms with Gasteiger partial charge in [-0.15, -0.1) is 0 Å². The number of carboxylic acids is 1. The van der Waals surface area contributed by atoms with Crippen molar-refractivity contribution in [1.82, 2.24) is 9.80 Å². The molecule has 0 aliphatic carbocycles. The largest absolute Gasteiger partial charge is 0.492 e. The van der Waals surface area contributed by atoms with Crippen LogP contribution in [0.15, 0.2) is 97.1 Å². The fourth-order valence-electron chi connectivity index (χ4n) is 5.32. The molecule has 0 atom stereocenters. The Hall–Kier alpha value is -4.66. The predicted molar refractivity (Wildman–Crippen MR) is 173 cm³/mol. The molecule has 0 unspecified atom stereocenters. The summed E-state index contributed by atoms with van der Waals surface area (Å²) in [6, 6.07) is 29.4. The maximum Gasteiger partial charge on any atom is 0.337 e. The Morgan fingerprint density at radius 1 is 0.750 bits per heavy atom. The molecule has 1 aliphatic rings. The Morgan fingerprint density at radius 3 is 2.11 bits per heavy atom. The van der Waals surface area contributed by atoms with Gasteiger partial charge in [-0.25, -0.2) is 4.79 Å². The van der Waals surface area contributed by atoms with Crippen molar-refractivity contribution in [3.05, 3.63) is 114 Å². The molecule has 4 aromatic carbocycles. The second-order valence-electron chi connectivity index (χ2n) is 10.8. The van der Waals surface area contributed by atoms with Crippen molar-refractivity contribution in [2.45, 2.75) is 20.0 Å². The van der Waals surface area contributed by atoms with E-state index in [0.717, 1.165) is 56.0 Å². The first-order valence-corrected chi connectivity index (χ1v) is 15.1. The molecule has 0 bridgehead atoms. The summed E-state index contributed by atoms with van der Waals surface area (Å²) in [5.41, 5.74) is 3.12. The van der Waals surface area contributed by atoms with Crippen molar-refractivity contribution in [3.8, 4) is 22.6 Å². The van der Waals surface area contributed by atoms with E-state index in [9.17, 15) is 14.7 Å². The van der Waals surface area contributed by atoms with E-state index in [1.165, 1.54) is 12.5 Å². The summed E-state index contributed by atoms with van der Waals surface area (Å²) < 4.78 is 12.2. The van der Waals surface area contributed by atoms with E-state index in [1.807, 2.05) is 60.7 Å². The highest BCUT2D eigenvalue weighted by atomic mass is 16.5. The second kappa shape index (κ2) is 15.2. The highest BCUT2D eigenvalue weighted by Crippen LogP contribution is 2.30. The Bertz CT molecular complexity index is 1540. The van der Waals surface area contributed by atoms with Crippen molar-refractivity contribution in [2.24, 2.45) is 0 Å². The standard InChI is InChI=1S/C36H39N3O5/c1-2-17-38-18-20-39(21-19-38)22-23-43-30-14-16-34(44-26-27-9-5-3-6-10-27)32(25-30)35(40)37-33-24-29(13-15-31(33)36(41)42)28-11-7-4-8-12-28/h3-16,24-25H,2,17-23,26H2,1H3,(H,37,40)(H,41,42). The molecular weight excluding hydrogens is 554 g/mol. The van der Waals surface area contributed by atoms with Crippen LogP contribution in [0, 0.1) is 0 Å². The van der Waals surface area contributed by atoms with Crippen molar-refractivity contribution in [3.63, 3.8) is 0 Å². The van der Waals surface area contributed by atoms with Crippen LogP contribution in [-0.2, 0) is 6.61 Å². The number of hydrogen-bond acceptors (Lipinski definition) is 6. The van der Waals surface area contributed by atoms with Gasteiger partial charge in [0.15, 0.2) is 0 Å². The van der Waals surface area contributed by atoms with Gasteiger partial charge < -0.3 is 24.8 Å². The van der Waals surface area contributed by atoms with Gasteiger partial charge in [-0.1, -0.05) is 73.7 Å². The summed E-state index contributed by atoms with van der Waals surface area (Å²) in [4.78, 5) is 30.7. The minimum atomic E-state index is -1.13. The number of ether oxygens (including phenoxy) is 2. The lowest BCUT2D eigenvalue weighted by Gasteiger charge is -2.34.